The van der Waals surface area contributed by atoms with E-state index in [1.54, 1.807) is 0 Å². The number of rotatable bonds is 2. The second-order valence-electron chi connectivity index (χ2n) is 7.76. The summed E-state index contributed by atoms with van der Waals surface area (Å²) in [5.74, 6) is 0.539. The van der Waals surface area contributed by atoms with Crippen LogP contribution in [0.2, 0.25) is 0 Å². The molecule has 3 aromatic carbocycles. The van der Waals surface area contributed by atoms with E-state index in [-0.39, 0.29) is 5.41 Å². The van der Waals surface area contributed by atoms with E-state index in [2.05, 4.69) is 81.4 Å². The van der Waals surface area contributed by atoms with Crippen LogP contribution < -0.4 is 0 Å². The molecule has 0 aromatic heterocycles. The Morgan fingerprint density at radius 3 is 2.20 bits per heavy atom. The molecule has 0 nitrogen and oxygen atoms in total. The Bertz CT molecular complexity index is 995. The van der Waals surface area contributed by atoms with E-state index in [4.69, 9.17) is 0 Å². The molecule has 0 heterocycles. The molecular formula is C25H24. The van der Waals surface area contributed by atoms with Crippen molar-refractivity contribution >= 4 is 0 Å². The van der Waals surface area contributed by atoms with Gasteiger partial charge in [0.25, 0.3) is 0 Å². The summed E-state index contributed by atoms with van der Waals surface area (Å²) in [7, 11) is 0. The predicted molar refractivity (Wildman–Crippen MR) is 106 cm³/mol. The zero-order valence-corrected chi connectivity index (χ0v) is 15.3. The molecular weight excluding hydrogens is 300 g/mol. The van der Waals surface area contributed by atoms with E-state index in [0.717, 1.165) is 12.8 Å². The van der Waals surface area contributed by atoms with Gasteiger partial charge in [0.05, 0.1) is 0 Å². The first-order valence-electron chi connectivity index (χ1n) is 9.56. The number of fused-ring (bicyclic) bond motifs is 6. The lowest BCUT2D eigenvalue weighted by Gasteiger charge is -2.26. The molecule has 2 aliphatic carbocycles. The average molecular weight is 324 g/mol. The van der Waals surface area contributed by atoms with Crippen LogP contribution in [0.15, 0.2) is 60.7 Å². The zero-order valence-electron chi connectivity index (χ0n) is 15.3. The summed E-state index contributed by atoms with van der Waals surface area (Å²) in [5, 5.41) is 0. The minimum Gasteiger partial charge on any atom is -0.0645 e. The molecule has 0 saturated carbocycles. The van der Waals surface area contributed by atoms with Gasteiger partial charge in [-0.15, -0.1) is 0 Å². The second-order valence-corrected chi connectivity index (χ2v) is 7.76. The van der Waals surface area contributed by atoms with E-state index >= 15 is 0 Å². The molecule has 0 aliphatic heterocycles. The molecule has 2 unspecified atom stereocenters. The van der Waals surface area contributed by atoms with Gasteiger partial charge in [-0.05, 0) is 69.5 Å². The largest absolute Gasteiger partial charge is 0.0645 e. The van der Waals surface area contributed by atoms with Gasteiger partial charge in [-0.25, -0.2) is 0 Å². The molecule has 0 N–H and O–H groups in total. The van der Waals surface area contributed by atoms with Crippen LogP contribution in [-0.2, 0) is 5.41 Å². The van der Waals surface area contributed by atoms with Crippen molar-refractivity contribution in [2.45, 2.75) is 44.9 Å². The molecule has 25 heavy (non-hydrogen) atoms. The molecule has 2 aliphatic rings. The summed E-state index contributed by atoms with van der Waals surface area (Å²) in [6.07, 6.45) is 2.30. The lowest BCUT2D eigenvalue weighted by molar-refractivity contribution is 0.564. The quantitative estimate of drug-likeness (QED) is 0.480. The summed E-state index contributed by atoms with van der Waals surface area (Å²) < 4.78 is 0. The van der Waals surface area contributed by atoms with Crippen molar-refractivity contribution in [2.24, 2.45) is 0 Å². The molecule has 0 fully saturated rings. The third-order valence-electron chi connectivity index (χ3n) is 6.71. The van der Waals surface area contributed by atoms with Crippen molar-refractivity contribution in [2.75, 3.05) is 0 Å². The molecule has 0 spiro atoms. The maximum atomic E-state index is 2.52. The summed E-state index contributed by atoms with van der Waals surface area (Å²) in [6, 6.07) is 23.0. The van der Waals surface area contributed by atoms with Crippen molar-refractivity contribution < 1.29 is 0 Å². The number of hydrogen-bond acceptors (Lipinski definition) is 0. The maximum Gasteiger partial charge on any atom is 0.0184 e. The van der Waals surface area contributed by atoms with Crippen molar-refractivity contribution in [1.82, 2.24) is 0 Å². The normalized spacial score (nSPS) is 22.3. The molecule has 2 atom stereocenters. The van der Waals surface area contributed by atoms with Gasteiger partial charge in [-0.3, -0.25) is 0 Å². The molecule has 0 saturated heterocycles. The van der Waals surface area contributed by atoms with Crippen molar-refractivity contribution in [3.05, 3.63) is 82.9 Å². The van der Waals surface area contributed by atoms with Crippen molar-refractivity contribution in [1.29, 1.82) is 0 Å². The molecule has 0 amide bonds. The van der Waals surface area contributed by atoms with Gasteiger partial charge >= 0.3 is 0 Å². The Balaban J connectivity index is 1.84. The third kappa shape index (κ3) is 1.78. The fourth-order valence-electron chi connectivity index (χ4n) is 5.20. The van der Waals surface area contributed by atoms with E-state index in [0.29, 0.717) is 5.92 Å². The molecule has 124 valence electrons. The summed E-state index contributed by atoms with van der Waals surface area (Å²) >= 11 is 0. The highest BCUT2D eigenvalue weighted by Gasteiger charge is 2.40. The van der Waals surface area contributed by atoms with Gasteiger partial charge in [0, 0.05) is 11.3 Å². The smallest absolute Gasteiger partial charge is 0.0184 e. The van der Waals surface area contributed by atoms with Crippen LogP contribution in [0.25, 0.3) is 22.3 Å². The standard InChI is InChI=1S/C25H24/c1-4-16-17-10-6-7-11-18(17)21-15-24-22(14-20(16)21)19-12-8-9-13-23(19)25(24,3)5-2/h6-16H,4-5H2,1-3H3. The topological polar surface area (TPSA) is 0 Å². The van der Waals surface area contributed by atoms with Crippen LogP contribution in [0.4, 0.5) is 0 Å². The lowest BCUT2D eigenvalue weighted by Crippen LogP contribution is -2.19. The highest BCUT2D eigenvalue weighted by atomic mass is 14.4. The van der Waals surface area contributed by atoms with E-state index in [9.17, 15) is 0 Å². The SMILES string of the molecule is CCC1c2ccccc2-c2cc3c(cc21)-c1ccccc1C3(C)CC. The van der Waals surface area contributed by atoms with Gasteiger partial charge in [0.1, 0.15) is 0 Å². The minimum absolute atomic E-state index is 0.125. The average Bonchev–Trinajstić information content (AvgIpc) is 3.11. The minimum atomic E-state index is 0.125. The van der Waals surface area contributed by atoms with Gasteiger partial charge in [0.15, 0.2) is 0 Å². The van der Waals surface area contributed by atoms with E-state index in [1.165, 1.54) is 44.5 Å². The first-order valence-corrected chi connectivity index (χ1v) is 9.56. The monoisotopic (exact) mass is 324 g/mol. The van der Waals surface area contributed by atoms with Crippen LogP contribution in [0, 0.1) is 0 Å². The van der Waals surface area contributed by atoms with Crippen molar-refractivity contribution in [3.8, 4) is 22.3 Å². The van der Waals surface area contributed by atoms with Gasteiger partial charge in [-0.2, -0.15) is 0 Å². The first kappa shape index (κ1) is 15.0. The van der Waals surface area contributed by atoms with Crippen LogP contribution in [0.5, 0.6) is 0 Å². The molecule has 0 bridgehead atoms. The van der Waals surface area contributed by atoms with Crippen LogP contribution in [0.3, 0.4) is 0 Å². The summed E-state index contributed by atoms with van der Waals surface area (Å²) in [5.41, 5.74) is 12.0. The number of hydrogen-bond donors (Lipinski definition) is 0. The summed E-state index contributed by atoms with van der Waals surface area (Å²) in [4.78, 5) is 0. The van der Waals surface area contributed by atoms with E-state index in [1.807, 2.05) is 0 Å². The Morgan fingerprint density at radius 2 is 1.44 bits per heavy atom. The maximum absolute atomic E-state index is 2.52. The zero-order chi connectivity index (χ0) is 17.2. The van der Waals surface area contributed by atoms with Crippen LogP contribution >= 0.6 is 0 Å². The Hall–Kier alpha value is -2.34. The fraction of sp³-hybridized carbons (Fsp3) is 0.280. The Morgan fingerprint density at radius 1 is 0.720 bits per heavy atom. The molecule has 5 rings (SSSR count). The Labute approximate surface area is 150 Å². The number of benzene rings is 3. The van der Waals surface area contributed by atoms with Crippen LogP contribution in [-0.4, -0.2) is 0 Å². The first-order chi connectivity index (χ1) is 12.2. The summed E-state index contributed by atoms with van der Waals surface area (Å²) in [6.45, 7) is 7.05. The second kappa shape index (κ2) is 5.08. The van der Waals surface area contributed by atoms with E-state index < -0.39 is 0 Å². The molecule has 3 aromatic rings. The third-order valence-corrected chi connectivity index (χ3v) is 6.71. The predicted octanol–water partition coefficient (Wildman–Crippen LogP) is 6.91. The van der Waals surface area contributed by atoms with Crippen LogP contribution in [0.1, 0.15) is 61.8 Å². The highest BCUT2D eigenvalue weighted by Crippen LogP contribution is 2.55. The molecule has 0 radical (unpaired) electrons. The van der Waals surface area contributed by atoms with Gasteiger partial charge in [0.2, 0.25) is 0 Å². The van der Waals surface area contributed by atoms with Crippen molar-refractivity contribution in [3.63, 3.8) is 0 Å². The van der Waals surface area contributed by atoms with Gasteiger partial charge < -0.3 is 0 Å². The lowest BCUT2D eigenvalue weighted by atomic mass is 9.77. The molecule has 0 heteroatoms. The van der Waals surface area contributed by atoms with Gasteiger partial charge in [-0.1, -0.05) is 69.3 Å². The highest BCUT2D eigenvalue weighted by molar-refractivity contribution is 5.88. The fourth-order valence-corrected chi connectivity index (χ4v) is 5.20. The Kier molecular flexibility index (Phi) is 3.04.